The van der Waals surface area contributed by atoms with Gasteiger partial charge in [0.2, 0.25) is 0 Å². The molecule has 3 nitrogen and oxygen atoms in total. The van der Waals surface area contributed by atoms with Crippen molar-refractivity contribution in [2.24, 2.45) is 0 Å². The van der Waals surface area contributed by atoms with Crippen LogP contribution in [0.25, 0.3) is 10.8 Å². The molecule has 0 N–H and O–H groups in total. The van der Waals surface area contributed by atoms with Gasteiger partial charge in [-0.2, -0.15) is 13.2 Å². The standard InChI is InChI=1S/C20H11Cl3F4O3/c1-9(19(23)28)29-14-6-2-5-11-10(14)4-3-7-15(11)30-18-13(21)8-12(20(25,26)27)17(24)16(18)22/h2-9H,1H3. The van der Waals surface area contributed by atoms with Gasteiger partial charge in [-0.25, -0.2) is 4.39 Å². The second-order valence-corrected chi connectivity index (χ2v) is 7.29. The lowest BCUT2D eigenvalue weighted by Crippen LogP contribution is -2.18. The maximum atomic E-state index is 14.2. The molecule has 0 amide bonds. The Labute approximate surface area is 183 Å². The van der Waals surface area contributed by atoms with Gasteiger partial charge in [-0.1, -0.05) is 47.5 Å². The van der Waals surface area contributed by atoms with Crippen LogP contribution >= 0.6 is 34.8 Å². The van der Waals surface area contributed by atoms with Crippen LogP contribution in [0.5, 0.6) is 17.2 Å². The number of hydrogen-bond donors (Lipinski definition) is 0. The number of rotatable bonds is 5. The first-order chi connectivity index (χ1) is 14.0. The molecule has 0 saturated heterocycles. The van der Waals surface area contributed by atoms with E-state index >= 15 is 0 Å². The van der Waals surface area contributed by atoms with E-state index in [0.717, 1.165) is 0 Å². The minimum absolute atomic E-state index is 0.130. The first kappa shape index (κ1) is 22.5. The van der Waals surface area contributed by atoms with Gasteiger partial charge < -0.3 is 9.47 Å². The number of halogens is 7. The third-order valence-electron chi connectivity index (χ3n) is 4.10. The molecule has 10 heteroatoms. The summed E-state index contributed by atoms with van der Waals surface area (Å²) in [6.07, 6.45) is -5.90. The summed E-state index contributed by atoms with van der Waals surface area (Å²) < 4.78 is 64.1. The summed E-state index contributed by atoms with van der Waals surface area (Å²) in [5.41, 5.74) is -1.60. The molecule has 0 spiro atoms. The van der Waals surface area contributed by atoms with E-state index in [1.807, 2.05) is 0 Å². The van der Waals surface area contributed by atoms with Gasteiger partial charge in [-0.3, -0.25) is 4.79 Å². The lowest BCUT2D eigenvalue weighted by atomic mass is 10.1. The third kappa shape index (κ3) is 4.43. The Morgan fingerprint density at radius 1 is 1.03 bits per heavy atom. The molecule has 30 heavy (non-hydrogen) atoms. The van der Waals surface area contributed by atoms with Crippen molar-refractivity contribution >= 4 is 50.8 Å². The summed E-state index contributed by atoms with van der Waals surface area (Å²) in [6, 6.07) is 9.97. The van der Waals surface area contributed by atoms with E-state index in [1.54, 1.807) is 30.3 Å². The zero-order chi connectivity index (χ0) is 22.2. The largest absolute Gasteiger partial charge is 0.481 e. The van der Waals surface area contributed by atoms with Gasteiger partial charge in [0.15, 0.2) is 17.7 Å². The maximum absolute atomic E-state index is 14.2. The highest BCUT2D eigenvalue weighted by molar-refractivity contribution is 6.64. The van der Waals surface area contributed by atoms with Gasteiger partial charge >= 0.3 is 6.18 Å². The van der Waals surface area contributed by atoms with Crippen molar-refractivity contribution in [1.82, 2.24) is 0 Å². The van der Waals surface area contributed by atoms with E-state index in [4.69, 9.17) is 44.3 Å². The number of carbonyl (C=O) groups is 1. The monoisotopic (exact) mass is 480 g/mol. The lowest BCUT2D eigenvalue weighted by Gasteiger charge is -2.17. The molecule has 0 radical (unpaired) electrons. The highest BCUT2D eigenvalue weighted by atomic mass is 35.5. The normalized spacial score (nSPS) is 12.7. The molecule has 0 aromatic heterocycles. The number of ether oxygens (including phenoxy) is 2. The number of hydrogen-bond acceptors (Lipinski definition) is 3. The van der Waals surface area contributed by atoms with Crippen LogP contribution in [0.3, 0.4) is 0 Å². The highest BCUT2D eigenvalue weighted by Crippen LogP contribution is 2.45. The Bertz CT molecular complexity index is 1130. The topological polar surface area (TPSA) is 35.5 Å². The van der Waals surface area contributed by atoms with Gasteiger partial charge in [0, 0.05) is 10.8 Å². The molecule has 0 aliphatic carbocycles. The molecule has 0 fully saturated rings. The van der Waals surface area contributed by atoms with Crippen LogP contribution in [-0.2, 0) is 11.0 Å². The van der Waals surface area contributed by atoms with E-state index < -0.39 is 44.7 Å². The molecule has 3 aromatic carbocycles. The molecule has 158 valence electrons. The Morgan fingerprint density at radius 2 is 1.60 bits per heavy atom. The molecule has 0 heterocycles. The summed E-state index contributed by atoms with van der Waals surface area (Å²) in [5, 5.41) is -1.14. The molecule has 0 aliphatic heterocycles. The summed E-state index contributed by atoms with van der Waals surface area (Å²) in [7, 11) is 0. The summed E-state index contributed by atoms with van der Waals surface area (Å²) in [5.74, 6) is -1.71. The SMILES string of the molecule is CC(Oc1cccc2c(Oc3c(Cl)cc(C(F)(F)F)c(F)c3Cl)cccc12)C(=O)Cl. The van der Waals surface area contributed by atoms with E-state index in [2.05, 4.69) is 0 Å². The van der Waals surface area contributed by atoms with Gasteiger partial charge in [-0.15, -0.1) is 0 Å². The van der Waals surface area contributed by atoms with Crippen LogP contribution in [0.2, 0.25) is 10.0 Å². The average Bonchev–Trinajstić information content (AvgIpc) is 2.67. The molecule has 1 atom stereocenters. The number of carbonyl (C=O) groups excluding carboxylic acids is 1. The maximum Gasteiger partial charge on any atom is 0.419 e. The van der Waals surface area contributed by atoms with E-state index in [0.29, 0.717) is 22.6 Å². The van der Waals surface area contributed by atoms with Crippen LogP contribution in [0.1, 0.15) is 12.5 Å². The number of alkyl halides is 3. The zero-order valence-electron chi connectivity index (χ0n) is 15.0. The predicted octanol–water partition coefficient (Wildman–Crippen LogP) is 7.63. The molecular weight excluding hydrogens is 471 g/mol. The minimum Gasteiger partial charge on any atom is -0.481 e. The van der Waals surface area contributed by atoms with Crippen molar-refractivity contribution in [2.45, 2.75) is 19.2 Å². The van der Waals surface area contributed by atoms with Gasteiger partial charge in [-0.05, 0) is 36.7 Å². The Hall–Kier alpha value is -2.22. The third-order valence-corrected chi connectivity index (χ3v) is 5.02. The van der Waals surface area contributed by atoms with Gasteiger partial charge in [0.05, 0.1) is 10.6 Å². The van der Waals surface area contributed by atoms with Crippen LogP contribution in [-0.4, -0.2) is 11.3 Å². The molecule has 0 bridgehead atoms. The second-order valence-electron chi connectivity index (χ2n) is 6.13. The fourth-order valence-corrected chi connectivity index (χ4v) is 3.25. The molecular formula is C20H11Cl3F4O3. The van der Waals surface area contributed by atoms with Crippen molar-refractivity contribution in [2.75, 3.05) is 0 Å². The smallest absolute Gasteiger partial charge is 0.419 e. The van der Waals surface area contributed by atoms with Crippen molar-refractivity contribution in [3.63, 3.8) is 0 Å². The summed E-state index contributed by atoms with van der Waals surface area (Å²) in [4.78, 5) is 11.3. The molecule has 3 rings (SSSR count). The van der Waals surface area contributed by atoms with Crippen LogP contribution in [0.15, 0.2) is 42.5 Å². The van der Waals surface area contributed by atoms with E-state index in [1.165, 1.54) is 13.0 Å². The van der Waals surface area contributed by atoms with Gasteiger partial charge in [0.25, 0.3) is 5.24 Å². The Kier molecular flexibility index (Phi) is 6.36. The van der Waals surface area contributed by atoms with E-state index in [9.17, 15) is 22.4 Å². The quantitative estimate of drug-likeness (QED) is 0.213. The summed E-state index contributed by atoms with van der Waals surface area (Å²) >= 11 is 17.1. The lowest BCUT2D eigenvalue weighted by molar-refractivity contribution is -0.140. The first-order valence-corrected chi connectivity index (χ1v) is 9.44. The van der Waals surface area contributed by atoms with Crippen molar-refractivity contribution in [3.05, 3.63) is 63.9 Å². The Morgan fingerprint density at radius 3 is 2.17 bits per heavy atom. The van der Waals surface area contributed by atoms with E-state index in [-0.39, 0.29) is 5.75 Å². The second kappa shape index (κ2) is 8.49. The van der Waals surface area contributed by atoms with Gasteiger partial charge in [0.1, 0.15) is 16.5 Å². The fraction of sp³-hybridized carbons (Fsp3) is 0.150. The average molecular weight is 482 g/mol. The highest BCUT2D eigenvalue weighted by Gasteiger charge is 2.37. The molecule has 0 aliphatic rings. The molecule has 3 aromatic rings. The van der Waals surface area contributed by atoms with Crippen LogP contribution < -0.4 is 9.47 Å². The minimum atomic E-state index is -4.97. The predicted molar refractivity (Wildman–Crippen MR) is 106 cm³/mol. The van der Waals surface area contributed by atoms with Crippen LogP contribution in [0, 0.1) is 5.82 Å². The van der Waals surface area contributed by atoms with Crippen LogP contribution in [0.4, 0.5) is 17.6 Å². The summed E-state index contributed by atoms with van der Waals surface area (Å²) in [6.45, 7) is 1.47. The molecule has 1 unspecified atom stereocenters. The molecule has 0 saturated carbocycles. The number of benzene rings is 3. The fourth-order valence-electron chi connectivity index (χ4n) is 2.67. The zero-order valence-corrected chi connectivity index (χ0v) is 17.3. The first-order valence-electron chi connectivity index (χ1n) is 8.31. The van der Waals surface area contributed by atoms with Crippen molar-refractivity contribution in [1.29, 1.82) is 0 Å². The van der Waals surface area contributed by atoms with Crippen molar-refractivity contribution < 1.29 is 31.8 Å². The van der Waals surface area contributed by atoms with Crippen molar-refractivity contribution in [3.8, 4) is 17.2 Å². The Balaban J connectivity index is 2.07. The number of fused-ring (bicyclic) bond motifs is 1.